The maximum Gasteiger partial charge on any atom is 0.338 e. The Balaban J connectivity index is 1.31. The van der Waals surface area contributed by atoms with Crippen molar-refractivity contribution in [2.24, 2.45) is 4.99 Å². The van der Waals surface area contributed by atoms with E-state index >= 15 is 0 Å². The number of hydrogen-bond donors (Lipinski definition) is 0. The Bertz CT molecular complexity index is 2500. The summed E-state index contributed by atoms with van der Waals surface area (Å²) < 4.78 is 10.0. The number of fused-ring (bicyclic) bond motifs is 3. The van der Waals surface area contributed by atoms with Crippen LogP contribution in [0.4, 0.5) is 0 Å². The molecule has 0 saturated heterocycles. The van der Waals surface area contributed by atoms with E-state index in [1.54, 1.807) is 11.5 Å². The van der Waals surface area contributed by atoms with Gasteiger partial charge in [-0.15, -0.1) is 11.3 Å². The van der Waals surface area contributed by atoms with Crippen molar-refractivity contribution in [1.82, 2.24) is 9.13 Å². The molecular formula is C39H29N3O3S2. The standard InChI is InChI=1S/C39H29N3O3S2/c1-2-45-38(44)34-35(26-13-4-3-5-14-26)40-39-42(36(34)32-20-11-21-46-32)37(43)33(47-39)22-28-24-41(31-19-9-8-18-30(28)31)23-27-16-10-15-25-12-6-7-17-29(25)27/h3-22,24,36H,2,23H2,1H3/b33-22-. The number of rotatable bonds is 7. The van der Waals surface area contributed by atoms with E-state index in [9.17, 15) is 9.59 Å². The fraction of sp³-hybridized carbons (Fsp3) is 0.103. The Kier molecular flexibility index (Phi) is 7.52. The highest BCUT2D eigenvalue weighted by atomic mass is 32.1. The van der Waals surface area contributed by atoms with Crippen molar-refractivity contribution in [2.75, 3.05) is 6.61 Å². The molecule has 0 amide bonds. The van der Waals surface area contributed by atoms with Gasteiger partial charge < -0.3 is 9.30 Å². The Hall–Kier alpha value is -5.31. The van der Waals surface area contributed by atoms with Crippen molar-refractivity contribution in [3.05, 3.63) is 168 Å². The number of ether oxygens (including phenoxy) is 1. The number of hydrogen-bond acceptors (Lipinski definition) is 6. The van der Waals surface area contributed by atoms with Crippen LogP contribution in [-0.4, -0.2) is 21.7 Å². The van der Waals surface area contributed by atoms with Crippen molar-refractivity contribution in [3.8, 4) is 0 Å². The zero-order chi connectivity index (χ0) is 31.9. The van der Waals surface area contributed by atoms with Crippen LogP contribution in [0.15, 0.2) is 136 Å². The van der Waals surface area contributed by atoms with Gasteiger partial charge in [0.25, 0.3) is 5.56 Å². The van der Waals surface area contributed by atoms with Gasteiger partial charge in [-0.2, -0.15) is 0 Å². The van der Waals surface area contributed by atoms with Gasteiger partial charge in [0.1, 0.15) is 6.04 Å². The molecule has 47 heavy (non-hydrogen) atoms. The van der Waals surface area contributed by atoms with Crippen LogP contribution >= 0.6 is 22.7 Å². The second-order valence-electron chi connectivity index (χ2n) is 11.3. The average Bonchev–Trinajstić information content (AvgIpc) is 3.84. The molecule has 4 heterocycles. The molecule has 1 aliphatic heterocycles. The van der Waals surface area contributed by atoms with Crippen LogP contribution in [0, 0.1) is 0 Å². The van der Waals surface area contributed by atoms with Gasteiger partial charge in [-0.3, -0.25) is 9.36 Å². The topological polar surface area (TPSA) is 65.6 Å². The maximum atomic E-state index is 14.4. The third-order valence-corrected chi connectivity index (χ3v) is 10.4. The van der Waals surface area contributed by atoms with Crippen LogP contribution in [-0.2, 0) is 16.1 Å². The molecule has 230 valence electrons. The molecule has 0 fully saturated rings. The van der Waals surface area contributed by atoms with E-state index in [4.69, 9.17) is 9.73 Å². The highest BCUT2D eigenvalue weighted by molar-refractivity contribution is 7.10. The zero-order valence-corrected chi connectivity index (χ0v) is 27.1. The first kappa shape index (κ1) is 29.1. The number of nitrogens with zero attached hydrogens (tertiary/aromatic N) is 3. The first-order valence-electron chi connectivity index (χ1n) is 15.5. The molecular weight excluding hydrogens is 623 g/mol. The second-order valence-corrected chi connectivity index (χ2v) is 13.3. The molecule has 0 N–H and O–H groups in total. The number of benzene rings is 4. The summed E-state index contributed by atoms with van der Waals surface area (Å²) in [5, 5.41) is 5.45. The SMILES string of the molecule is CCOC(=O)C1=C(c2ccccc2)N=c2s/c(=C\c3cn(Cc4cccc5ccccc45)c4ccccc34)c(=O)n2C1c1cccs1. The smallest absolute Gasteiger partial charge is 0.338 e. The highest BCUT2D eigenvalue weighted by Crippen LogP contribution is 2.37. The molecule has 1 atom stereocenters. The Labute approximate surface area is 278 Å². The fourth-order valence-corrected chi connectivity index (χ4v) is 8.25. The summed E-state index contributed by atoms with van der Waals surface area (Å²) in [7, 11) is 0. The van der Waals surface area contributed by atoms with Crippen LogP contribution in [0.1, 0.15) is 34.5 Å². The van der Waals surface area contributed by atoms with E-state index in [0.29, 0.717) is 27.1 Å². The highest BCUT2D eigenvalue weighted by Gasteiger charge is 2.35. The largest absolute Gasteiger partial charge is 0.463 e. The molecule has 1 aliphatic rings. The molecule has 0 spiro atoms. The van der Waals surface area contributed by atoms with E-state index in [1.807, 2.05) is 66.1 Å². The van der Waals surface area contributed by atoms with E-state index in [2.05, 4.69) is 65.4 Å². The number of thiophene rings is 1. The summed E-state index contributed by atoms with van der Waals surface area (Å²) in [5.74, 6) is -0.473. The Morgan fingerprint density at radius 1 is 0.894 bits per heavy atom. The van der Waals surface area contributed by atoms with Crippen LogP contribution in [0.25, 0.3) is 33.4 Å². The number of carbonyl (C=O) groups excluding carboxylic acids is 1. The number of aromatic nitrogens is 2. The van der Waals surface area contributed by atoms with Gasteiger partial charge in [-0.05, 0) is 46.8 Å². The van der Waals surface area contributed by atoms with Gasteiger partial charge in [0.05, 0.1) is 22.4 Å². The third kappa shape index (κ3) is 5.16. The first-order valence-corrected chi connectivity index (χ1v) is 17.2. The molecule has 0 aliphatic carbocycles. The van der Waals surface area contributed by atoms with Gasteiger partial charge in [-0.1, -0.05) is 108 Å². The molecule has 0 saturated carbocycles. The quantitative estimate of drug-likeness (QED) is 0.172. The Morgan fingerprint density at radius 3 is 2.47 bits per heavy atom. The average molecular weight is 652 g/mol. The van der Waals surface area contributed by atoms with Crippen molar-refractivity contribution >= 4 is 62.1 Å². The van der Waals surface area contributed by atoms with Crippen LogP contribution in [0.3, 0.4) is 0 Å². The van der Waals surface area contributed by atoms with Crippen molar-refractivity contribution in [3.63, 3.8) is 0 Å². The first-order chi connectivity index (χ1) is 23.1. The summed E-state index contributed by atoms with van der Waals surface area (Å²) in [4.78, 5) is 34.4. The van der Waals surface area contributed by atoms with Gasteiger partial charge in [-0.25, -0.2) is 9.79 Å². The van der Waals surface area contributed by atoms with Crippen LogP contribution in [0.2, 0.25) is 0 Å². The van der Waals surface area contributed by atoms with E-state index in [-0.39, 0.29) is 12.2 Å². The fourth-order valence-electron chi connectivity index (χ4n) is 6.43. The molecule has 8 heteroatoms. The van der Waals surface area contributed by atoms with E-state index < -0.39 is 12.0 Å². The molecule has 3 aromatic heterocycles. The molecule has 0 radical (unpaired) electrons. The second kappa shape index (κ2) is 12.1. The van der Waals surface area contributed by atoms with Gasteiger partial charge in [0.2, 0.25) is 0 Å². The number of carbonyl (C=O) groups is 1. The molecule has 4 aromatic carbocycles. The lowest BCUT2D eigenvalue weighted by Crippen LogP contribution is -2.39. The molecule has 6 nitrogen and oxygen atoms in total. The van der Waals surface area contributed by atoms with E-state index in [1.165, 1.54) is 39.0 Å². The van der Waals surface area contributed by atoms with Crippen LogP contribution < -0.4 is 14.9 Å². The van der Waals surface area contributed by atoms with E-state index in [0.717, 1.165) is 26.9 Å². The number of esters is 1. The predicted molar refractivity (Wildman–Crippen MR) is 190 cm³/mol. The minimum atomic E-state index is -0.657. The minimum Gasteiger partial charge on any atom is -0.463 e. The monoisotopic (exact) mass is 651 g/mol. The van der Waals surface area contributed by atoms with Gasteiger partial charge >= 0.3 is 5.97 Å². The minimum absolute atomic E-state index is 0.188. The maximum absolute atomic E-state index is 14.4. The van der Waals surface area contributed by atoms with Gasteiger partial charge in [0.15, 0.2) is 4.80 Å². The van der Waals surface area contributed by atoms with Gasteiger partial charge in [0, 0.05) is 39.6 Å². The summed E-state index contributed by atoms with van der Waals surface area (Å²) >= 11 is 2.85. The van der Waals surface area contributed by atoms with Crippen molar-refractivity contribution < 1.29 is 9.53 Å². The summed E-state index contributed by atoms with van der Waals surface area (Å²) in [6.45, 7) is 2.69. The lowest BCUT2D eigenvalue weighted by molar-refractivity contribution is -0.138. The predicted octanol–water partition coefficient (Wildman–Crippen LogP) is 7.15. The zero-order valence-electron chi connectivity index (χ0n) is 25.5. The van der Waals surface area contributed by atoms with Crippen molar-refractivity contribution in [2.45, 2.75) is 19.5 Å². The molecule has 1 unspecified atom stereocenters. The summed E-state index contributed by atoms with van der Waals surface area (Å²) in [5.41, 5.74) is 4.77. The molecule has 8 rings (SSSR count). The summed E-state index contributed by atoms with van der Waals surface area (Å²) in [6.07, 6.45) is 4.09. The normalized spacial score (nSPS) is 14.8. The Morgan fingerprint density at radius 2 is 1.66 bits per heavy atom. The lowest BCUT2D eigenvalue weighted by Gasteiger charge is -2.24. The van der Waals surface area contributed by atoms with Crippen molar-refractivity contribution in [1.29, 1.82) is 0 Å². The van der Waals surface area contributed by atoms with Crippen LogP contribution in [0.5, 0.6) is 0 Å². The summed E-state index contributed by atoms with van der Waals surface area (Å²) in [6, 6.07) is 36.0. The lowest BCUT2D eigenvalue weighted by atomic mass is 9.97. The molecule has 7 aromatic rings. The number of para-hydroxylation sites is 1. The third-order valence-electron chi connectivity index (χ3n) is 8.51. The number of thiazole rings is 1. The molecule has 0 bridgehead atoms.